The highest BCUT2D eigenvalue weighted by Crippen LogP contribution is 2.34. The summed E-state index contributed by atoms with van der Waals surface area (Å²) in [5.41, 5.74) is 2.60. The number of para-hydroxylation sites is 1. The third kappa shape index (κ3) is 5.03. The van der Waals surface area contributed by atoms with Crippen LogP contribution in [0, 0.1) is 0 Å². The maximum atomic E-state index is 12.3. The number of ether oxygens (including phenoxy) is 1. The number of nitrogens with one attached hydrogen (secondary N) is 3. The molecule has 0 aliphatic carbocycles. The van der Waals surface area contributed by atoms with Gasteiger partial charge in [-0.15, -0.1) is 0 Å². The second-order valence-electron chi connectivity index (χ2n) is 7.51. The van der Waals surface area contributed by atoms with Crippen LogP contribution in [0.5, 0.6) is 5.75 Å². The standard InChI is InChI=1S/C24H26N6O3/c1-3-12-25-23(32)16-9-10-18(20(14-16)33-2)28-24-26-15-19-22(29-24)30(13-11-21(31)27-19)17-7-5-4-6-8-17/h4-10,14-15H,3,11-13H2,1-2H3,(H,25,32)(H,27,31)(H,26,28,29). The van der Waals surface area contributed by atoms with E-state index in [1.165, 1.54) is 0 Å². The van der Waals surface area contributed by atoms with Gasteiger partial charge in [-0.05, 0) is 36.8 Å². The number of nitrogens with zero attached hydrogens (tertiary/aromatic N) is 3. The molecular formula is C24H26N6O3. The summed E-state index contributed by atoms with van der Waals surface area (Å²) in [4.78, 5) is 35.5. The molecule has 0 bridgehead atoms. The molecule has 0 saturated carbocycles. The normalized spacial score (nSPS) is 12.9. The van der Waals surface area contributed by atoms with E-state index < -0.39 is 0 Å². The van der Waals surface area contributed by atoms with Gasteiger partial charge in [0, 0.05) is 30.8 Å². The van der Waals surface area contributed by atoms with Crippen molar-refractivity contribution in [2.75, 3.05) is 35.7 Å². The molecule has 0 unspecified atom stereocenters. The number of amides is 2. The summed E-state index contributed by atoms with van der Waals surface area (Å²) in [5.74, 6) is 1.19. The fraction of sp³-hybridized carbons (Fsp3) is 0.250. The molecule has 33 heavy (non-hydrogen) atoms. The minimum atomic E-state index is -0.155. The number of aromatic nitrogens is 2. The van der Waals surface area contributed by atoms with Crippen molar-refractivity contribution in [3.05, 3.63) is 60.3 Å². The Labute approximate surface area is 192 Å². The molecule has 2 amide bonds. The Hall–Kier alpha value is -4.14. The number of anilines is 5. The van der Waals surface area contributed by atoms with Crippen LogP contribution >= 0.6 is 0 Å². The van der Waals surface area contributed by atoms with Crippen molar-refractivity contribution in [2.24, 2.45) is 0 Å². The van der Waals surface area contributed by atoms with E-state index in [2.05, 4.69) is 25.9 Å². The SMILES string of the molecule is CCCNC(=O)c1ccc(Nc2ncc3c(n2)N(c2ccccc2)CCC(=O)N3)c(OC)c1. The molecule has 0 spiro atoms. The van der Waals surface area contributed by atoms with Gasteiger partial charge in [0.1, 0.15) is 11.4 Å². The first-order chi connectivity index (χ1) is 16.1. The minimum Gasteiger partial charge on any atom is -0.495 e. The van der Waals surface area contributed by atoms with Crippen molar-refractivity contribution in [1.82, 2.24) is 15.3 Å². The van der Waals surface area contributed by atoms with Gasteiger partial charge >= 0.3 is 0 Å². The highest BCUT2D eigenvalue weighted by molar-refractivity contribution is 5.97. The average molecular weight is 447 g/mol. The first-order valence-electron chi connectivity index (χ1n) is 10.8. The van der Waals surface area contributed by atoms with Crippen LogP contribution in [-0.2, 0) is 4.79 Å². The number of benzene rings is 2. The maximum absolute atomic E-state index is 12.3. The van der Waals surface area contributed by atoms with Crippen molar-refractivity contribution in [2.45, 2.75) is 19.8 Å². The molecule has 9 heteroatoms. The predicted molar refractivity (Wildman–Crippen MR) is 128 cm³/mol. The topological polar surface area (TPSA) is 108 Å². The third-order valence-corrected chi connectivity index (χ3v) is 5.17. The van der Waals surface area contributed by atoms with Crippen LogP contribution < -0.4 is 25.6 Å². The lowest BCUT2D eigenvalue weighted by atomic mass is 10.1. The molecule has 0 atom stereocenters. The van der Waals surface area contributed by atoms with E-state index in [0.29, 0.717) is 54.0 Å². The molecule has 170 valence electrons. The Morgan fingerprint density at radius 1 is 1.21 bits per heavy atom. The summed E-state index contributed by atoms with van der Waals surface area (Å²) in [6, 6.07) is 14.9. The second kappa shape index (κ2) is 9.99. The number of hydrogen-bond acceptors (Lipinski definition) is 7. The zero-order valence-electron chi connectivity index (χ0n) is 18.6. The molecule has 2 aromatic carbocycles. The number of carbonyl (C=O) groups excluding carboxylic acids is 2. The Kier molecular flexibility index (Phi) is 6.68. The number of rotatable bonds is 7. The van der Waals surface area contributed by atoms with E-state index in [-0.39, 0.29) is 11.8 Å². The zero-order valence-corrected chi connectivity index (χ0v) is 18.6. The summed E-state index contributed by atoms with van der Waals surface area (Å²) in [7, 11) is 1.54. The first kappa shape index (κ1) is 22.1. The van der Waals surface area contributed by atoms with Crippen LogP contribution in [0.15, 0.2) is 54.7 Å². The van der Waals surface area contributed by atoms with Gasteiger partial charge in [-0.1, -0.05) is 25.1 Å². The Balaban J connectivity index is 1.64. The molecule has 9 nitrogen and oxygen atoms in total. The lowest BCUT2D eigenvalue weighted by Gasteiger charge is -2.23. The molecule has 1 aliphatic rings. The van der Waals surface area contributed by atoms with Gasteiger partial charge in [-0.25, -0.2) is 4.98 Å². The van der Waals surface area contributed by atoms with Crippen molar-refractivity contribution in [3.8, 4) is 5.75 Å². The number of carbonyl (C=O) groups is 2. The van der Waals surface area contributed by atoms with Crippen LogP contribution in [0.4, 0.5) is 28.8 Å². The van der Waals surface area contributed by atoms with E-state index in [9.17, 15) is 9.59 Å². The molecule has 0 saturated heterocycles. The summed E-state index contributed by atoms with van der Waals surface area (Å²) in [5, 5.41) is 8.89. The second-order valence-corrected chi connectivity index (χ2v) is 7.51. The highest BCUT2D eigenvalue weighted by Gasteiger charge is 2.23. The van der Waals surface area contributed by atoms with E-state index >= 15 is 0 Å². The predicted octanol–water partition coefficient (Wildman–Crippen LogP) is 3.85. The quantitative estimate of drug-likeness (QED) is 0.506. The van der Waals surface area contributed by atoms with Crippen molar-refractivity contribution in [1.29, 1.82) is 0 Å². The van der Waals surface area contributed by atoms with Crippen molar-refractivity contribution >= 4 is 40.6 Å². The fourth-order valence-electron chi connectivity index (χ4n) is 3.52. The molecular weight excluding hydrogens is 420 g/mol. The molecule has 0 fully saturated rings. The Morgan fingerprint density at radius 2 is 2.03 bits per heavy atom. The average Bonchev–Trinajstić information content (AvgIpc) is 3.01. The van der Waals surface area contributed by atoms with Crippen LogP contribution in [0.1, 0.15) is 30.1 Å². The van der Waals surface area contributed by atoms with Gasteiger partial charge < -0.3 is 25.6 Å². The molecule has 3 aromatic rings. The first-order valence-corrected chi connectivity index (χ1v) is 10.8. The summed E-state index contributed by atoms with van der Waals surface area (Å²) in [6.07, 6.45) is 2.78. The third-order valence-electron chi connectivity index (χ3n) is 5.17. The summed E-state index contributed by atoms with van der Waals surface area (Å²) >= 11 is 0. The lowest BCUT2D eigenvalue weighted by Crippen LogP contribution is -2.23. The molecule has 1 aliphatic heterocycles. The van der Waals surface area contributed by atoms with Gasteiger partial charge in [-0.2, -0.15) is 4.98 Å². The monoisotopic (exact) mass is 446 g/mol. The van der Waals surface area contributed by atoms with Gasteiger partial charge in [0.05, 0.1) is 19.0 Å². The Bertz CT molecular complexity index is 1150. The van der Waals surface area contributed by atoms with Crippen molar-refractivity contribution < 1.29 is 14.3 Å². The number of hydrogen-bond donors (Lipinski definition) is 3. The van der Waals surface area contributed by atoms with Crippen LogP contribution in [0.25, 0.3) is 0 Å². The maximum Gasteiger partial charge on any atom is 0.251 e. The molecule has 4 rings (SSSR count). The minimum absolute atomic E-state index is 0.0856. The highest BCUT2D eigenvalue weighted by atomic mass is 16.5. The largest absolute Gasteiger partial charge is 0.495 e. The summed E-state index contributed by atoms with van der Waals surface area (Å²) < 4.78 is 5.48. The van der Waals surface area contributed by atoms with Gasteiger partial charge in [0.15, 0.2) is 5.82 Å². The van der Waals surface area contributed by atoms with E-state index in [1.807, 2.05) is 42.2 Å². The molecule has 1 aromatic heterocycles. The van der Waals surface area contributed by atoms with Crippen molar-refractivity contribution in [3.63, 3.8) is 0 Å². The van der Waals surface area contributed by atoms with E-state index in [4.69, 9.17) is 4.74 Å². The lowest BCUT2D eigenvalue weighted by molar-refractivity contribution is -0.115. The van der Waals surface area contributed by atoms with Gasteiger partial charge in [-0.3, -0.25) is 9.59 Å². The van der Waals surface area contributed by atoms with Gasteiger partial charge in [0.2, 0.25) is 11.9 Å². The van der Waals surface area contributed by atoms with E-state index in [0.717, 1.165) is 12.1 Å². The van der Waals surface area contributed by atoms with Crippen LogP contribution in [0.2, 0.25) is 0 Å². The zero-order chi connectivity index (χ0) is 23.2. The van der Waals surface area contributed by atoms with E-state index in [1.54, 1.807) is 31.5 Å². The molecule has 0 radical (unpaired) electrons. The molecule has 3 N–H and O–H groups in total. The van der Waals surface area contributed by atoms with Crippen LogP contribution in [0.3, 0.4) is 0 Å². The van der Waals surface area contributed by atoms with Crippen LogP contribution in [-0.4, -0.2) is 42.0 Å². The number of fused-ring (bicyclic) bond motifs is 1. The Morgan fingerprint density at radius 3 is 2.79 bits per heavy atom. The summed E-state index contributed by atoms with van der Waals surface area (Å²) in [6.45, 7) is 3.10. The fourth-order valence-corrected chi connectivity index (χ4v) is 3.52. The smallest absolute Gasteiger partial charge is 0.251 e. The number of methoxy groups -OCH3 is 1. The van der Waals surface area contributed by atoms with Gasteiger partial charge in [0.25, 0.3) is 5.91 Å². The molecule has 2 heterocycles.